The summed E-state index contributed by atoms with van der Waals surface area (Å²) in [6.45, 7) is 0.197. The highest BCUT2D eigenvalue weighted by Crippen LogP contribution is 2.29. The summed E-state index contributed by atoms with van der Waals surface area (Å²) in [7, 11) is 0. The standard InChI is InChI=1S/C19H18ClN3O/c20-15-9-8-14-11-21-23(18(14)10-15)12-19(24)22-17-7-3-5-13-4-1-2-6-16(13)17/h1-2,4,6,8-11,17H,3,5,7,12H2,(H,22,24)/t17-/m0/s1. The van der Waals surface area contributed by atoms with E-state index in [0.29, 0.717) is 5.02 Å². The molecule has 24 heavy (non-hydrogen) atoms. The molecule has 122 valence electrons. The molecule has 0 saturated carbocycles. The van der Waals surface area contributed by atoms with Crippen molar-refractivity contribution in [3.63, 3.8) is 0 Å². The number of fused-ring (bicyclic) bond motifs is 2. The first kappa shape index (κ1) is 15.2. The zero-order valence-corrected chi connectivity index (χ0v) is 14.0. The van der Waals surface area contributed by atoms with E-state index in [1.807, 2.05) is 24.3 Å². The first-order chi connectivity index (χ1) is 11.7. The lowest BCUT2D eigenvalue weighted by Gasteiger charge is -2.26. The zero-order chi connectivity index (χ0) is 16.5. The van der Waals surface area contributed by atoms with Crippen molar-refractivity contribution >= 4 is 28.4 Å². The number of carbonyl (C=O) groups is 1. The van der Waals surface area contributed by atoms with Gasteiger partial charge >= 0.3 is 0 Å². The van der Waals surface area contributed by atoms with Gasteiger partial charge in [-0.3, -0.25) is 9.48 Å². The molecule has 3 aromatic rings. The molecule has 4 rings (SSSR count). The number of aryl methyl sites for hydroxylation is 1. The fourth-order valence-corrected chi connectivity index (χ4v) is 3.62. The van der Waals surface area contributed by atoms with Crippen molar-refractivity contribution in [2.24, 2.45) is 0 Å². The van der Waals surface area contributed by atoms with Crippen LogP contribution in [0.5, 0.6) is 0 Å². The maximum Gasteiger partial charge on any atom is 0.242 e. The van der Waals surface area contributed by atoms with Gasteiger partial charge in [-0.05, 0) is 48.6 Å². The Kier molecular flexibility index (Phi) is 3.98. The molecule has 5 heteroatoms. The van der Waals surface area contributed by atoms with Crippen molar-refractivity contribution in [1.29, 1.82) is 0 Å². The van der Waals surface area contributed by atoms with Crippen LogP contribution in [0.2, 0.25) is 5.02 Å². The number of halogens is 1. The molecule has 0 aliphatic heterocycles. The minimum absolute atomic E-state index is 0.0262. The average Bonchev–Trinajstić information content (AvgIpc) is 2.97. The Labute approximate surface area is 145 Å². The fourth-order valence-electron chi connectivity index (χ4n) is 3.45. The smallest absolute Gasteiger partial charge is 0.242 e. The predicted molar refractivity (Wildman–Crippen MR) is 95.0 cm³/mol. The van der Waals surface area contributed by atoms with Gasteiger partial charge in [-0.15, -0.1) is 0 Å². The van der Waals surface area contributed by atoms with Gasteiger partial charge in [0.25, 0.3) is 0 Å². The lowest BCUT2D eigenvalue weighted by atomic mass is 9.88. The second kappa shape index (κ2) is 6.29. The van der Waals surface area contributed by atoms with E-state index in [4.69, 9.17) is 11.6 Å². The highest BCUT2D eigenvalue weighted by molar-refractivity contribution is 6.31. The molecule has 0 radical (unpaired) electrons. The van der Waals surface area contributed by atoms with Gasteiger partial charge in [0.1, 0.15) is 6.54 Å². The third-order valence-corrected chi connectivity index (χ3v) is 4.84. The van der Waals surface area contributed by atoms with Gasteiger partial charge in [0.2, 0.25) is 5.91 Å². The van der Waals surface area contributed by atoms with Crippen LogP contribution < -0.4 is 5.32 Å². The Hall–Kier alpha value is -2.33. The zero-order valence-electron chi connectivity index (χ0n) is 13.2. The summed E-state index contributed by atoms with van der Waals surface area (Å²) in [6, 6.07) is 14.0. The quantitative estimate of drug-likeness (QED) is 0.787. The molecule has 4 nitrogen and oxygen atoms in total. The number of hydrogen-bond donors (Lipinski definition) is 1. The number of rotatable bonds is 3. The van der Waals surface area contributed by atoms with Crippen LogP contribution in [0.15, 0.2) is 48.7 Å². The van der Waals surface area contributed by atoms with E-state index in [-0.39, 0.29) is 18.5 Å². The Balaban J connectivity index is 1.52. The van der Waals surface area contributed by atoms with Crippen molar-refractivity contribution in [3.05, 3.63) is 64.8 Å². The lowest BCUT2D eigenvalue weighted by Crippen LogP contribution is -2.33. The van der Waals surface area contributed by atoms with Crippen LogP contribution in [0.3, 0.4) is 0 Å². The van der Waals surface area contributed by atoms with E-state index in [1.165, 1.54) is 11.1 Å². The first-order valence-corrected chi connectivity index (χ1v) is 8.57. The number of carbonyl (C=O) groups excluding carboxylic acids is 1. The summed E-state index contributed by atoms with van der Waals surface area (Å²) in [5.41, 5.74) is 3.46. The van der Waals surface area contributed by atoms with Crippen LogP contribution in [0.1, 0.15) is 30.0 Å². The molecule has 0 unspecified atom stereocenters. The Morgan fingerprint density at radius 2 is 2.17 bits per heavy atom. The molecule has 0 bridgehead atoms. The molecular formula is C19H18ClN3O. The average molecular weight is 340 g/mol. The van der Waals surface area contributed by atoms with Crippen molar-refractivity contribution in [2.75, 3.05) is 0 Å². The van der Waals surface area contributed by atoms with Gasteiger partial charge in [0.15, 0.2) is 0 Å². The Bertz CT molecular complexity index is 903. The highest BCUT2D eigenvalue weighted by Gasteiger charge is 2.21. The van der Waals surface area contributed by atoms with Gasteiger partial charge in [-0.2, -0.15) is 5.10 Å². The van der Waals surface area contributed by atoms with Crippen LogP contribution in [0, 0.1) is 0 Å². The highest BCUT2D eigenvalue weighted by atomic mass is 35.5. The molecule has 1 atom stereocenters. The number of amides is 1. The SMILES string of the molecule is O=C(Cn1ncc2ccc(Cl)cc21)N[C@H]1CCCc2ccccc21. The van der Waals surface area contributed by atoms with Crippen molar-refractivity contribution in [3.8, 4) is 0 Å². The molecule has 0 fully saturated rings. The van der Waals surface area contributed by atoms with Gasteiger partial charge in [0.05, 0.1) is 17.8 Å². The third-order valence-electron chi connectivity index (χ3n) is 4.60. The summed E-state index contributed by atoms with van der Waals surface area (Å²) in [6.07, 6.45) is 4.93. The van der Waals surface area contributed by atoms with Crippen LogP contribution in [-0.2, 0) is 17.8 Å². The number of hydrogen-bond acceptors (Lipinski definition) is 2. The number of nitrogens with zero attached hydrogens (tertiary/aromatic N) is 2. The van der Waals surface area contributed by atoms with Gasteiger partial charge in [-0.25, -0.2) is 0 Å². The Morgan fingerprint density at radius 1 is 1.29 bits per heavy atom. The van der Waals surface area contributed by atoms with Crippen LogP contribution in [-0.4, -0.2) is 15.7 Å². The summed E-state index contributed by atoms with van der Waals surface area (Å²) in [5, 5.41) is 9.10. The molecule has 0 spiro atoms. The van der Waals surface area contributed by atoms with E-state index >= 15 is 0 Å². The van der Waals surface area contributed by atoms with E-state index in [2.05, 4.69) is 28.6 Å². The van der Waals surface area contributed by atoms with Crippen LogP contribution in [0.4, 0.5) is 0 Å². The van der Waals surface area contributed by atoms with Gasteiger partial charge < -0.3 is 5.32 Å². The first-order valence-electron chi connectivity index (χ1n) is 8.19. The van der Waals surface area contributed by atoms with Gasteiger partial charge in [0, 0.05) is 10.4 Å². The van der Waals surface area contributed by atoms with Crippen molar-refractivity contribution < 1.29 is 4.79 Å². The molecule has 1 aliphatic rings. The summed E-state index contributed by atoms with van der Waals surface area (Å²) in [4.78, 5) is 12.5. The van der Waals surface area contributed by atoms with Crippen molar-refractivity contribution in [1.82, 2.24) is 15.1 Å². The molecule has 1 N–H and O–H groups in total. The lowest BCUT2D eigenvalue weighted by molar-refractivity contribution is -0.122. The Morgan fingerprint density at radius 3 is 3.08 bits per heavy atom. The van der Waals surface area contributed by atoms with Crippen molar-refractivity contribution in [2.45, 2.75) is 31.8 Å². The van der Waals surface area contributed by atoms with E-state index < -0.39 is 0 Å². The second-order valence-electron chi connectivity index (χ2n) is 6.22. The molecule has 1 aromatic heterocycles. The summed E-state index contributed by atoms with van der Waals surface area (Å²) in [5.74, 6) is -0.0262. The molecule has 1 heterocycles. The number of aromatic nitrogens is 2. The fraction of sp³-hybridized carbons (Fsp3) is 0.263. The molecular weight excluding hydrogens is 322 g/mol. The van der Waals surface area contributed by atoms with E-state index in [1.54, 1.807) is 10.9 Å². The number of benzene rings is 2. The molecule has 2 aromatic carbocycles. The third kappa shape index (κ3) is 2.89. The monoisotopic (exact) mass is 339 g/mol. The van der Waals surface area contributed by atoms with Gasteiger partial charge in [-0.1, -0.05) is 35.9 Å². The van der Waals surface area contributed by atoms with Crippen LogP contribution in [0.25, 0.3) is 10.9 Å². The van der Waals surface area contributed by atoms with E-state index in [9.17, 15) is 4.79 Å². The summed E-state index contributed by atoms with van der Waals surface area (Å²) >= 11 is 6.05. The minimum Gasteiger partial charge on any atom is -0.348 e. The minimum atomic E-state index is -0.0262. The predicted octanol–water partition coefficient (Wildman–Crippen LogP) is 3.88. The normalized spacial score (nSPS) is 16.8. The molecule has 1 amide bonds. The van der Waals surface area contributed by atoms with E-state index in [0.717, 1.165) is 30.2 Å². The topological polar surface area (TPSA) is 46.9 Å². The van der Waals surface area contributed by atoms with Crippen LogP contribution >= 0.6 is 11.6 Å². The largest absolute Gasteiger partial charge is 0.348 e. The second-order valence-corrected chi connectivity index (χ2v) is 6.65. The molecule has 1 aliphatic carbocycles. The summed E-state index contributed by atoms with van der Waals surface area (Å²) < 4.78 is 1.70. The maximum atomic E-state index is 12.5. The maximum absolute atomic E-state index is 12.5. The number of nitrogens with one attached hydrogen (secondary N) is 1. The molecule has 0 saturated heterocycles.